The summed E-state index contributed by atoms with van der Waals surface area (Å²) in [6.07, 6.45) is 2.23. The van der Waals surface area contributed by atoms with Crippen LogP contribution < -0.4 is 16.0 Å². The average molecular weight is 449 g/mol. The molecule has 0 bridgehead atoms. The highest BCUT2D eigenvalue weighted by Crippen LogP contribution is 2.16. The van der Waals surface area contributed by atoms with Gasteiger partial charge in [0.05, 0.1) is 0 Å². The number of carbonyl (C=O) groups excluding carboxylic acids is 1. The Hall–Kier alpha value is -2.41. The lowest BCUT2D eigenvalue weighted by molar-refractivity contribution is 0.0963. The molecular weight excluding hydrogens is 423 g/mol. The Kier molecular flexibility index (Phi) is 8.94. The van der Waals surface area contributed by atoms with Gasteiger partial charge in [0.2, 0.25) is 0 Å². The van der Waals surface area contributed by atoms with E-state index in [0.29, 0.717) is 36.6 Å². The van der Waals surface area contributed by atoms with Crippen LogP contribution in [-0.2, 0) is 12.8 Å². The van der Waals surface area contributed by atoms with Crippen molar-refractivity contribution in [2.45, 2.75) is 19.3 Å². The summed E-state index contributed by atoms with van der Waals surface area (Å²) in [7, 11) is 3.34. The fraction of sp³-hybridized carbons (Fsp3) is 0.333. The predicted molar refractivity (Wildman–Crippen MR) is 115 cm³/mol. The first-order valence-corrected chi connectivity index (χ1v) is 10.0. The molecule has 150 valence electrons. The van der Waals surface area contributed by atoms with Crippen LogP contribution in [0.25, 0.3) is 0 Å². The second-order valence-electron chi connectivity index (χ2n) is 6.29. The third kappa shape index (κ3) is 6.96. The van der Waals surface area contributed by atoms with E-state index in [9.17, 15) is 9.18 Å². The van der Waals surface area contributed by atoms with E-state index in [1.54, 1.807) is 26.2 Å². The summed E-state index contributed by atoms with van der Waals surface area (Å²) < 4.78 is 14.6. The molecule has 7 heteroatoms. The first-order chi connectivity index (χ1) is 13.5. The first-order valence-electron chi connectivity index (χ1n) is 9.23. The predicted octanol–water partition coefficient (Wildman–Crippen LogP) is 3.29. The molecule has 1 amide bonds. The topological polar surface area (TPSA) is 65.5 Å². The van der Waals surface area contributed by atoms with Gasteiger partial charge in [0.1, 0.15) is 5.82 Å². The minimum atomic E-state index is -0.184. The number of benzene rings is 2. The van der Waals surface area contributed by atoms with Crippen molar-refractivity contribution in [3.8, 4) is 0 Å². The molecule has 2 aromatic carbocycles. The summed E-state index contributed by atoms with van der Waals surface area (Å²) in [5, 5.41) is 9.12. The van der Waals surface area contributed by atoms with Gasteiger partial charge in [0.25, 0.3) is 5.91 Å². The SMILES string of the molecule is CN=C(NCCCc1ccc(Br)cc1F)NCCc1cccc(C(=O)NC)c1. The average Bonchev–Trinajstić information content (AvgIpc) is 2.70. The van der Waals surface area contributed by atoms with Crippen molar-refractivity contribution in [3.05, 3.63) is 69.4 Å². The molecule has 0 atom stereocenters. The molecule has 2 rings (SSSR count). The van der Waals surface area contributed by atoms with Crippen LogP contribution in [0.3, 0.4) is 0 Å². The van der Waals surface area contributed by atoms with E-state index in [1.165, 1.54) is 6.07 Å². The Morgan fingerprint density at radius 1 is 1.11 bits per heavy atom. The number of nitrogens with zero attached hydrogens (tertiary/aromatic N) is 1. The standard InChI is InChI=1S/C21H26BrFN4O/c1-24-20(28)17-6-3-5-15(13-17)10-12-27-21(25-2)26-11-4-7-16-8-9-18(22)14-19(16)23/h3,5-6,8-9,13-14H,4,7,10-12H2,1-2H3,(H,24,28)(H2,25,26,27). The number of guanidine groups is 1. The maximum atomic E-state index is 13.8. The number of halogens is 2. The van der Waals surface area contributed by atoms with Crippen molar-refractivity contribution >= 4 is 27.8 Å². The zero-order valence-electron chi connectivity index (χ0n) is 16.2. The van der Waals surface area contributed by atoms with Crippen molar-refractivity contribution in [3.63, 3.8) is 0 Å². The van der Waals surface area contributed by atoms with Gasteiger partial charge in [0, 0.05) is 37.2 Å². The molecule has 0 heterocycles. The quantitative estimate of drug-likeness (QED) is 0.329. The van der Waals surface area contributed by atoms with E-state index < -0.39 is 0 Å². The number of rotatable bonds is 8. The van der Waals surface area contributed by atoms with Gasteiger partial charge in [-0.05, 0) is 54.7 Å². The molecule has 0 saturated heterocycles. The molecule has 0 radical (unpaired) electrons. The van der Waals surface area contributed by atoms with E-state index in [4.69, 9.17) is 0 Å². The summed E-state index contributed by atoms with van der Waals surface area (Å²) in [5.41, 5.74) is 2.45. The maximum Gasteiger partial charge on any atom is 0.251 e. The Bertz CT molecular complexity index is 826. The molecule has 0 aliphatic heterocycles. The summed E-state index contributed by atoms with van der Waals surface area (Å²) >= 11 is 3.27. The van der Waals surface area contributed by atoms with Gasteiger partial charge < -0.3 is 16.0 Å². The Morgan fingerprint density at radius 3 is 2.61 bits per heavy atom. The summed E-state index contributed by atoms with van der Waals surface area (Å²) in [5.74, 6) is 0.434. The number of hydrogen-bond donors (Lipinski definition) is 3. The van der Waals surface area contributed by atoms with E-state index in [1.807, 2.05) is 24.3 Å². The van der Waals surface area contributed by atoms with Gasteiger partial charge in [-0.25, -0.2) is 4.39 Å². The Morgan fingerprint density at radius 2 is 1.89 bits per heavy atom. The summed E-state index contributed by atoms with van der Waals surface area (Å²) in [6, 6.07) is 12.7. The van der Waals surface area contributed by atoms with Crippen molar-refractivity contribution < 1.29 is 9.18 Å². The molecule has 0 aromatic heterocycles. The normalized spacial score (nSPS) is 11.2. The summed E-state index contributed by atoms with van der Waals surface area (Å²) in [4.78, 5) is 15.9. The molecule has 28 heavy (non-hydrogen) atoms. The largest absolute Gasteiger partial charge is 0.356 e. The summed E-state index contributed by atoms with van der Waals surface area (Å²) in [6.45, 7) is 1.39. The minimum Gasteiger partial charge on any atom is -0.356 e. The van der Waals surface area contributed by atoms with Crippen molar-refractivity contribution in [1.29, 1.82) is 0 Å². The first kappa shape index (κ1) is 21.9. The number of nitrogens with one attached hydrogen (secondary N) is 3. The molecule has 3 N–H and O–H groups in total. The monoisotopic (exact) mass is 448 g/mol. The molecule has 0 aliphatic rings. The van der Waals surface area contributed by atoms with Crippen LogP contribution in [0.4, 0.5) is 4.39 Å². The van der Waals surface area contributed by atoms with Gasteiger partial charge in [-0.3, -0.25) is 9.79 Å². The zero-order valence-corrected chi connectivity index (χ0v) is 17.8. The highest BCUT2D eigenvalue weighted by molar-refractivity contribution is 9.10. The molecular formula is C21H26BrFN4O. The fourth-order valence-corrected chi connectivity index (χ4v) is 3.10. The Labute approximate surface area is 174 Å². The molecule has 0 spiro atoms. The van der Waals surface area contributed by atoms with Crippen LogP contribution >= 0.6 is 15.9 Å². The molecule has 0 aliphatic carbocycles. The molecule has 2 aromatic rings. The lowest BCUT2D eigenvalue weighted by Gasteiger charge is -2.12. The van der Waals surface area contributed by atoms with E-state index in [-0.39, 0.29) is 11.7 Å². The number of amides is 1. The smallest absolute Gasteiger partial charge is 0.251 e. The van der Waals surface area contributed by atoms with Crippen LogP contribution in [0.5, 0.6) is 0 Å². The van der Waals surface area contributed by atoms with E-state index in [2.05, 4.69) is 36.9 Å². The highest BCUT2D eigenvalue weighted by Gasteiger charge is 2.05. The van der Waals surface area contributed by atoms with Gasteiger partial charge >= 0.3 is 0 Å². The van der Waals surface area contributed by atoms with Crippen molar-refractivity contribution in [2.75, 3.05) is 27.2 Å². The number of carbonyl (C=O) groups is 1. The number of hydrogen-bond acceptors (Lipinski definition) is 2. The maximum absolute atomic E-state index is 13.8. The molecule has 5 nitrogen and oxygen atoms in total. The molecule has 0 saturated carbocycles. The second kappa shape index (κ2) is 11.4. The highest BCUT2D eigenvalue weighted by atomic mass is 79.9. The van der Waals surface area contributed by atoms with Crippen LogP contribution in [0.1, 0.15) is 27.9 Å². The van der Waals surface area contributed by atoms with Crippen LogP contribution in [0, 0.1) is 5.82 Å². The van der Waals surface area contributed by atoms with E-state index in [0.717, 1.165) is 22.9 Å². The number of aryl methyl sites for hydroxylation is 1. The van der Waals surface area contributed by atoms with Gasteiger partial charge in [-0.15, -0.1) is 0 Å². The Balaban J connectivity index is 1.72. The van der Waals surface area contributed by atoms with E-state index >= 15 is 0 Å². The fourth-order valence-electron chi connectivity index (χ4n) is 2.77. The minimum absolute atomic E-state index is 0.0884. The zero-order chi connectivity index (χ0) is 20.4. The third-order valence-corrected chi connectivity index (χ3v) is 4.77. The van der Waals surface area contributed by atoms with Crippen LogP contribution in [-0.4, -0.2) is 39.1 Å². The van der Waals surface area contributed by atoms with Crippen LogP contribution in [0.15, 0.2) is 51.9 Å². The molecule has 0 unspecified atom stereocenters. The van der Waals surface area contributed by atoms with Crippen molar-refractivity contribution in [1.82, 2.24) is 16.0 Å². The van der Waals surface area contributed by atoms with Crippen molar-refractivity contribution in [2.24, 2.45) is 4.99 Å². The van der Waals surface area contributed by atoms with Gasteiger partial charge in [0.15, 0.2) is 5.96 Å². The molecule has 0 fully saturated rings. The van der Waals surface area contributed by atoms with Gasteiger partial charge in [-0.1, -0.05) is 34.1 Å². The second-order valence-corrected chi connectivity index (χ2v) is 7.21. The lowest BCUT2D eigenvalue weighted by Crippen LogP contribution is -2.38. The number of aliphatic imine (C=N–C) groups is 1. The third-order valence-electron chi connectivity index (χ3n) is 4.28. The van der Waals surface area contributed by atoms with Gasteiger partial charge in [-0.2, -0.15) is 0 Å². The van der Waals surface area contributed by atoms with Crippen LogP contribution in [0.2, 0.25) is 0 Å². The lowest BCUT2D eigenvalue weighted by atomic mass is 10.1.